The minimum absolute atomic E-state index is 0. The molecule has 5 heteroatoms. The smallest absolute Gasteiger partial charge is 0.0419 e. The first-order valence-corrected chi connectivity index (χ1v) is 3.83. The summed E-state index contributed by atoms with van der Waals surface area (Å²) in [5.41, 5.74) is 12.1. The van der Waals surface area contributed by atoms with Crippen LogP contribution < -0.4 is 11.5 Å². The molecule has 0 aliphatic carbocycles. The maximum absolute atomic E-state index is 5.69. The average molecular weight is 244 g/mol. The first-order chi connectivity index (χ1) is 5.24. The molecule has 0 heterocycles. The van der Waals surface area contributed by atoms with Gasteiger partial charge in [-0.1, -0.05) is 23.7 Å². The molecule has 0 aliphatic rings. The molecule has 0 aromatic heterocycles. The summed E-state index contributed by atoms with van der Waals surface area (Å²) < 4.78 is 0. The Kier molecular flexibility index (Phi) is 8.83. The Hall–Kier alpha value is 0.01000. The van der Waals surface area contributed by atoms with Crippen molar-refractivity contribution in [2.75, 3.05) is 6.54 Å². The summed E-state index contributed by atoms with van der Waals surface area (Å²) in [6.07, 6.45) is 0. The third-order valence-corrected chi connectivity index (χ3v) is 1.80. The molecule has 2 nitrogen and oxygen atoms in total. The molecular formula is C8H13Cl3N2. The largest absolute Gasteiger partial charge is 0.329 e. The third kappa shape index (κ3) is 4.69. The first-order valence-electron chi connectivity index (χ1n) is 3.45. The summed E-state index contributed by atoms with van der Waals surface area (Å²) in [6.45, 7) is 0.460. The topological polar surface area (TPSA) is 52.0 Å². The second-order valence-corrected chi connectivity index (χ2v) is 2.83. The van der Waals surface area contributed by atoms with Crippen LogP contribution in [-0.2, 0) is 0 Å². The highest BCUT2D eigenvalue weighted by Crippen LogP contribution is 2.13. The lowest BCUT2D eigenvalue weighted by atomic mass is 10.1. The predicted molar refractivity (Wildman–Crippen MR) is 61.9 cm³/mol. The van der Waals surface area contributed by atoms with Gasteiger partial charge in [0.15, 0.2) is 0 Å². The molecule has 1 rings (SSSR count). The van der Waals surface area contributed by atoms with Gasteiger partial charge in [0.1, 0.15) is 0 Å². The number of halogens is 3. The Labute approximate surface area is 95.5 Å². The van der Waals surface area contributed by atoms with Crippen LogP contribution in [0.4, 0.5) is 0 Å². The molecule has 1 aromatic rings. The van der Waals surface area contributed by atoms with Gasteiger partial charge in [-0.2, -0.15) is 0 Å². The molecule has 0 amide bonds. The SMILES string of the molecule is Cl.Cl.NC[C@H](N)c1ccc(Cl)cc1. The van der Waals surface area contributed by atoms with E-state index in [1.165, 1.54) is 0 Å². The monoisotopic (exact) mass is 242 g/mol. The molecule has 0 saturated carbocycles. The lowest BCUT2D eigenvalue weighted by Crippen LogP contribution is -2.20. The van der Waals surface area contributed by atoms with Gasteiger partial charge in [-0.3, -0.25) is 0 Å². The van der Waals surface area contributed by atoms with E-state index >= 15 is 0 Å². The summed E-state index contributed by atoms with van der Waals surface area (Å²) in [5, 5.41) is 0.720. The zero-order chi connectivity index (χ0) is 8.27. The molecular weight excluding hydrogens is 230 g/mol. The highest BCUT2D eigenvalue weighted by atomic mass is 35.5. The van der Waals surface area contributed by atoms with Crippen molar-refractivity contribution in [3.05, 3.63) is 34.9 Å². The van der Waals surface area contributed by atoms with E-state index in [0.29, 0.717) is 6.54 Å². The van der Waals surface area contributed by atoms with E-state index in [0.717, 1.165) is 10.6 Å². The molecule has 0 saturated heterocycles. The van der Waals surface area contributed by atoms with Crippen molar-refractivity contribution in [2.45, 2.75) is 6.04 Å². The van der Waals surface area contributed by atoms with Crippen LogP contribution in [0.15, 0.2) is 24.3 Å². The Morgan fingerprint density at radius 3 is 2.00 bits per heavy atom. The molecule has 0 spiro atoms. The second kappa shape index (κ2) is 7.42. The maximum Gasteiger partial charge on any atom is 0.0419 e. The number of rotatable bonds is 2. The standard InChI is InChI=1S/C8H11ClN2.2ClH/c9-7-3-1-6(2-4-7)8(11)5-10;;/h1-4,8H,5,10-11H2;2*1H/t8-;;/m0../s1. The lowest BCUT2D eigenvalue weighted by molar-refractivity contribution is 0.737. The highest BCUT2D eigenvalue weighted by molar-refractivity contribution is 6.30. The number of benzene rings is 1. The second-order valence-electron chi connectivity index (χ2n) is 2.39. The molecule has 76 valence electrons. The molecule has 0 radical (unpaired) electrons. The number of hydrogen-bond donors (Lipinski definition) is 2. The van der Waals surface area contributed by atoms with Crippen molar-refractivity contribution >= 4 is 36.4 Å². The van der Waals surface area contributed by atoms with Crippen molar-refractivity contribution in [1.82, 2.24) is 0 Å². The van der Waals surface area contributed by atoms with Crippen molar-refractivity contribution in [3.63, 3.8) is 0 Å². The van der Waals surface area contributed by atoms with Crippen molar-refractivity contribution in [2.24, 2.45) is 11.5 Å². The lowest BCUT2D eigenvalue weighted by Gasteiger charge is -2.07. The number of hydrogen-bond acceptors (Lipinski definition) is 2. The van der Waals surface area contributed by atoms with Crippen molar-refractivity contribution in [1.29, 1.82) is 0 Å². The minimum Gasteiger partial charge on any atom is -0.329 e. The fraction of sp³-hybridized carbons (Fsp3) is 0.250. The molecule has 1 atom stereocenters. The van der Waals surface area contributed by atoms with Gasteiger partial charge in [-0.25, -0.2) is 0 Å². The summed E-state index contributed by atoms with van der Waals surface area (Å²) in [4.78, 5) is 0. The van der Waals surface area contributed by atoms with E-state index < -0.39 is 0 Å². The molecule has 13 heavy (non-hydrogen) atoms. The Bertz CT molecular complexity index is 225. The molecule has 4 N–H and O–H groups in total. The van der Waals surface area contributed by atoms with Gasteiger partial charge in [0.05, 0.1) is 0 Å². The predicted octanol–water partition coefficient (Wildman–Crippen LogP) is 2.14. The van der Waals surface area contributed by atoms with Gasteiger partial charge < -0.3 is 11.5 Å². The van der Waals surface area contributed by atoms with E-state index in [1.54, 1.807) is 0 Å². The van der Waals surface area contributed by atoms with E-state index in [2.05, 4.69) is 0 Å². The summed E-state index contributed by atoms with van der Waals surface area (Å²) in [6, 6.07) is 7.32. The molecule has 0 fully saturated rings. The Morgan fingerprint density at radius 2 is 1.62 bits per heavy atom. The van der Waals surface area contributed by atoms with Crippen LogP contribution in [0.5, 0.6) is 0 Å². The van der Waals surface area contributed by atoms with Crippen LogP contribution in [0.3, 0.4) is 0 Å². The van der Waals surface area contributed by atoms with Gasteiger partial charge in [0.25, 0.3) is 0 Å². The highest BCUT2D eigenvalue weighted by Gasteiger charge is 2.01. The van der Waals surface area contributed by atoms with E-state index in [9.17, 15) is 0 Å². The van der Waals surface area contributed by atoms with Crippen LogP contribution in [0, 0.1) is 0 Å². The van der Waals surface area contributed by atoms with Gasteiger partial charge in [0.2, 0.25) is 0 Å². The van der Waals surface area contributed by atoms with E-state index in [1.807, 2.05) is 24.3 Å². The zero-order valence-corrected chi connectivity index (χ0v) is 9.33. The summed E-state index contributed by atoms with van der Waals surface area (Å²) >= 11 is 5.69. The maximum atomic E-state index is 5.69. The van der Waals surface area contributed by atoms with Crippen LogP contribution in [0.1, 0.15) is 11.6 Å². The molecule has 1 aromatic carbocycles. The number of nitrogens with two attached hydrogens (primary N) is 2. The van der Waals surface area contributed by atoms with Gasteiger partial charge >= 0.3 is 0 Å². The quantitative estimate of drug-likeness (QED) is 0.836. The third-order valence-electron chi connectivity index (χ3n) is 1.55. The first kappa shape index (κ1) is 15.5. The van der Waals surface area contributed by atoms with Crippen LogP contribution in [0.25, 0.3) is 0 Å². The fourth-order valence-corrected chi connectivity index (χ4v) is 0.972. The van der Waals surface area contributed by atoms with Crippen LogP contribution >= 0.6 is 36.4 Å². The summed E-state index contributed by atoms with van der Waals surface area (Å²) in [7, 11) is 0. The molecule has 0 aliphatic heterocycles. The van der Waals surface area contributed by atoms with Gasteiger partial charge in [-0.05, 0) is 17.7 Å². The van der Waals surface area contributed by atoms with Crippen LogP contribution in [-0.4, -0.2) is 6.54 Å². The summed E-state index contributed by atoms with van der Waals surface area (Å²) in [5.74, 6) is 0. The molecule has 0 unspecified atom stereocenters. The van der Waals surface area contributed by atoms with Crippen molar-refractivity contribution < 1.29 is 0 Å². The fourth-order valence-electron chi connectivity index (χ4n) is 0.846. The van der Waals surface area contributed by atoms with Crippen LogP contribution in [0.2, 0.25) is 5.02 Å². The van der Waals surface area contributed by atoms with Gasteiger partial charge in [0, 0.05) is 17.6 Å². The Balaban J connectivity index is 0. The van der Waals surface area contributed by atoms with Crippen molar-refractivity contribution in [3.8, 4) is 0 Å². The average Bonchev–Trinajstić information content (AvgIpc) is 2.05. The Morgan fingerprint density at radius 1 is 1.15 bits per heavy atom. The normalized spacial score (nSPS) is 11.0. The van der Waals surface area contributed by atoms with E-state index in [-0.39, 0.29) is 30.9 Å². The molecule has 0 bridgehead atoms. The van der Waals surface area contributed by atoms with Gasteiger partial charge in [-0.15, -0.1) is 24.8 Å². The zero-order valence-electron chi connectivity index (χ0n) is 6.94. The van der Waals surface area contributed by atoms with E-state index in [4.69, 9.17) is 23.1 Å². The minimum atomic E-state index is -0.0766.